The van der Waals surface area contributed by atoms with E-state index in [0.29, 0.717) is 18.5 Å². The molecule has 0 aromatic heterocycles. The van der Waals surface area contributed by atoms with E-state index in [1.54, 1.807) is 12.1 Å². The zero-order valence-corrected chi connectivity index (χ0v) is 12.4. The van der Waals surface area contributed by atoms with Crippen molar-refractivity contribution >= 4 is 12.4 Å². The van der Waals surface area contributed by atoms with Crippen LogP contribution in [-0.2, 0) is 12.6 Å². The van der Waals surface area contributed by atoms with Crippen LogP contribution in [-0.4, -0.2) is 6.54 Å². The summed E-state index contributed by atoms with van der Waals surface area (Å²) < 4.78 is 39.4. The van der Waals surface area contributed by atoms with Gasteiger partial charge in [0.1, 0.15) is 0 Å². The molecular formula is C16H17ClF3N. The highest BCUT2D eigenvalue weighted by atomic mass is 35.5. The summed E-state index contributed by atoms with van der Waals surface area (Å²) in [6, 6.07) is 11.2. The number of halogens is 4. The van der Waals surface area contributed by atoms with Crippen molar-refractivity contribution in [2.75, 3.05) is 6.54 Å². The maximum atomic E-state index is 13.1. The molecule has 0 spiro atoms. The number of hydrogen-bond donors (Lipinski definition) is 1. The highest BCUT2D eigenvalue weighted by Gasteiger charge is 2.33. The summed E-state index contributed by atoms with van der Waals surface area (Å²) in [5.41, 5.74) is 7.54. The van der Waals surface area contributed by atoms with Crippen molar-refractivity contribution in [3.63, 3.8) is 0 Å². The molecule has 0 fully saturated rings. The third kappa shape index (κ3) is 3.99. The average molecular weight is 316 g/mol. The first-order chi connectivity index (χ1) is 9.43. The lowest BCUT2D eigenvalue weighted by molar-refractivity contribution is -0.137. The summed E-state index contributed by atoms with van der Waals surface area (Å²) in [7, 11) is 0. The largest absolute Gasteiger partial charge is 0.417 e. The topological polar surface area (TPSA) is 26.0 Å². The van der Waals surface area contributed by atoms with Gasteiger partial charge in [-0.3, -0.25) is 0 Å². The lowest BCUT2D eigenvalue weighted by atomic mass is 9.92. The van der Waals surface area contributed by atoms with Crippen LogP contribution in [0.2, 0.25) is 0 Å². The van der Waals surface area contributed by atoms with E-state index in [2.05, 4.69) is 0 Å². The molecule has 0 aliphatic rings. The Morgan fingerprint density at radius 1 is 1.00 bits per heavy atom. The number of rotatable bonds is 3. The molecular weight excluding hydrogens is 299 g/mol. The third-order valence-corrected chi connectivity index (χ3v) is 3.20. The molecule has 0 saturated heterocycles. The molecule has 0 aliphatic carbocycles. The van der Waals surface area contributed by atoms with Gasteiger partial charge in [-0.05, 0) is 42.6 Å². The SMILES string of the molecule is Cc1ccc(CCN)c(-c2ccccc2C(F)(F)F)c1.Cl. The molecule has 0 atom stereocenters. The van der Waals surface area contributed by atoms with Crippen LogP contribution in [0.15, 0.2) is 42.5 Å². The molecule has 0 aliphatic heterocycles. The number of nitrogens with two attached hydrogens (primary N) is 1. The molecule has 5 heteroatoms. The normalized spacial score (nSPS) is 11.1. The quantitative estimate of drug-likeness (QED) is 0.880. The van der Waals surface area contributed by atoms with Gasteiger partial charge in [-0.25, -0.2) is 0 Å². The second kappa shape index (κ2) is 6.96. The fraction of sp³-hybridized carbons (Fsp3) is 0.250. The molecule has 0 unspecified atom stereocenters. The molecule has 0 saturated carbocycles. The van der Waals surface area contributed by atoms with Crippen LogP contribution >= 0.6 is 12.4 Å². The first-order valence-electron chi connectivity index (χ1n) is 6.39. The molecule has 0 bridgehead atoms. The Morgan fingerprint density at radius 3 is 2.29 bits per heavy atom. The van der Waals surface area contributed by atoms with Crippen LogP contribution in [0.1, 0.15) is 16.7 Å². The second-order valence-corrected chi connectivity index (χ2v) is 4.74. The van der Waals surface area contributed by atoms with Crippen LogP contribution in [0, 0.1) is 6.92 Å². The monoisotopic (exact) mass is 315 g/mol. The van der Waals surface area contributed by atoms with Crippen LogP contribution in [0.25, 0.3) is 11.1 Å². The summed E-state index contributed by atoms with van der Waals surface area (Å²) in [6.45, 7) is 2.27. The first-order valence-corrected chi connectivity index (χ1v) is 6.39. The van der Waals surface area contributed by atoms with E-state index in [0.717, 1.165) is 17.2 Å². The molecule has 1 nitrogen and oxygen atoms in total. The number of benzene rings is 2. The van der Waals surface area contributed by atoms with E-state index < -0.39 is 11.7 Å². The van der Waals surface area contributed by atoms with Crippen molar-refractivity contribution in [1.29, 1.82) is 0 Å². The molecule has 2 aromatic carbocycles. The van der Waals surface area contributed by atoms with Crippen molar-refractivity contribution in [3.05, 3.63) is 59.2 Å². The maximum absolute atomic E-state index is 13.1. The Balaban J connectivity index is 0.00000220. The fourth-order valence-electron chi connectivity index (χ4n) is 2.28. The van der Waals surface area contributed by atoms with Gasteiger partial charge in [-0.15, -0.1) is 12.4 Å². The van der Waals surface area contributed by atoms with Gasteiger partial charge in [0.25, 0.3) is 0 Å². The van der Waals surface area contributed by atoms with Crippen molar-refractivity contribution in [2.45, 2.75) is 19.5 Å². The van der Waals surface area contributed by atoms with Gasteiger partial charge in [-0.2, -0.15) is 13.2 Å². The maximum Gasteiger partial charge on any atom is 0.417 e. The Morgan fingerprint density at radius 2 is 1.67 bits per heavy atom. The zero-order valence-electron chi connectivity index (χ0n) is 11.6. The number of aryl methyl sites for hydroxylation is 1. The van der Waals surface area contributed by atoms with Crippen molar-refractivity contribution in [3.8, 4) is 11.1 Å². The smallest absolute Gasteiger partial charge is 0.330 e. The van der Waals surface area contributed by atoms with Gasteiger partial charge < -0.3 is 5.73 Å². The minimum Gasteiger partial charge on any atom is -0.330 e. The van der Waals surface area contributed by atoms with Gasteiger partial charge in [0, 0.05) is 0 Å². The minimum absolute atomic E-state index is 0. The second-order valence-electron chi connectivity index (χ2n) is 4.74. The molecule has 2 rings (SSSR count). The number of hydrogen-bond acceptors (Lipinski definition) is 1. The van der Waals surface area contributed by atoms with E-state index in [1.807, 2.05) is 19.1 Å². The van der Waals surface area contributed by atoms with Gasteiger partial charge >= 0.3 is 6.18 Å². The molecule has 114 valence electrons. The van der Waals surface area contributed by atoms with E-state index in [4.69, 9.17) is 5.73 Å². The summed E-state index contributed by atoms with van der Waals surface area (Å²) >= 11 is 0. The Labute approximate surface area is 128 Å². The summed E-state index contributed by atoms with van der Waals surface area (Å²) in [6.07, 6.45) is -3.80. The lowest BCUT2D eigenvalue weighted by Gasteiger charge is -2.16. The molecule has 21 heavy (non-hydrogen) atoms. The molecule has 0 radical (unpaired) electrons. The predicted molar refractivity (Wildman–Crippen MR) is 81.6 cm³/mol. The lowest BCUT2D eigenvalue weighted by Crippen LogP contribution is -2.09. The predicted octanol–water partition coefficient (Wildman–Crippen LogP) is 4.60. The summed E-state index contributed by atoms with van der Waals surface area (Å²) in [5, 5.41) is 0. The number of alkyl halides is 3. The van der Waals surface area contributed by atoms with Gasteiger partial charge in [0.05, 0.1) is 5.56 Å². The fourth-order valence-corrected chi connectivity index (χ4v) is 2.28. The Bertz CT molecular complexity index is 609. The highest BCUT2D eigenvalue weighted by molar-refractivity contribution is 5.85. The molecule has 0 heterocycles. The van der Waals surface area contributed by atoms with Crippen molar-refractivity contribution in [2.24, 2.45) is 5.73 Å². The first kappa shape index (κ1) is 17.5. The van der Waals surface area contributed by atoms with Crippen molar-refractivity contribution in [1.82, 2.24) is 0 Å². The third-order valence-electron chi connectivity index (χ3n) is 3.20. The van der Waals surface area contributed by atoms with Gasteiger partial charge in [-0.1, -0.05) is 42.0 Å². The average Bonchev–Trinajstić information content (AvgIpc) is 2.40. The van der Waals surface area contributed by atoms with E-state index in [-0.39, 0.29) is 18.0 Å². The van der Waals surface area contributed by atoms with Crippen LogP contribution < -0.4 is 5.73 Å². The van der Waals surface area contributed by atoms with Crippen LogP contribution in [0.5, 0.6) is 0 Å². The zero-order chi connectivity index (χ0) is 14.8. The van der Waals surface area contributed by atoms with Crippen LogP contribution in [0.3, 0.4) is 0 Å². The van der Waals surface area contributed by atoms with Gasteiger partial charge in [0.15, 0.2) is 0 Å². The van der Waals surface area contributed by atoms with Crippen LogP contribution in [0.4, 0.5) is 13.2 Å². The molecule has 2 aromatic rings. The Hall–Kier alpha value is -1.52. The van der Waals surface area contributed by atoms with E-state index >= 15 is 0 Å². The van der Waals surface area contributed by atoms with Gasteiger partial charge in [0.2, 0.25) is 0 Å². The summed E-state index contributed by atoms with van der Waals surface area (Å²) in [5.74, 6) is 0. The standard InChI is InChI=1S/C16H16F3N.ClH/c1-11-6-7-12(8-9-20)14(10-11)13-4-2-3-5-15(13)16(17,18)19;/h2-7,10H,8-9,20H2,1H3;1H. The molecule has 2 N–H and O–H groups in total. The van der Waals surface area contributed by atoms with Crippen molar-refractivity contribution < 1.29 is 13.2 Å². The Kier molecular flexibility index (Phi) is 5.81. The summed E-state index contributed by atoms with van der Waals surface area (Å²) in [4.78, 5) is 0. The van der Waals surface area contributed by atoms with E-state index in [9.17, 15) is 13.2 Å². The minimum atomic E-state index is -4.36. The highest BCUT2D eigenvalue weighted by Crippen LogP contribution is 2.38. The van der Waals surface area contributed by atoms with E-state index in [1.165, 1.54) is 12.1 Å². The molecule has 0 amide bonds.